The molecule has 1 N–H and O–H groups in total. The number of carbonyl (C=O) groups is 1. The first-order valence-electron chi connectivity index (χ1n) is 4.83. The number of rotatable bonds is 5. The number of aliphatic hydroxyl groups is 1. The van der Waals surface area contributed by atoms with Crippen molar-refractivity contribution < 1.29 is 9.90 Å². The van der Waals surface area contributed by atoms with Gasteiger partial charge in [-0.2, -0.15) is 0 Å². The summed E-state index contributed by atoms with van der Waals surface area (Å²) in [5.74, 6) is 0.112. The topological polar surface area (TPSA) is 40.5 Å². The standard InChI is InChI=1S/C10H21NO2/c1-5-10(2,3)11(4)9(13)7-6-8-12/h12H,5-8H2,1-4H3. The van der Waals surface area contributed by atoms with Gasteiger partial charge in [-0.3, -0.25) is 4.79 Å². The van der Waals surface area contributed by atoms with Crippen LogP contribution in [-0.2, 0) is 4.79 Å². The Morgan fingerprint density at radius 3 is 2.38 bits per heavy atom. The first-order valence-corrected chi connectivity index (χ1v) is 4.83. The quantitative estimate of drug-likeness (QED) is 0.707. The molecule has 0 radical (unpaired) electrons. The zero-order valence-electron chi connectivity index (χ0n) is 9.13. The Morgan fingerprint density at radius 2 is 2.00 bits per heavy atom. The fraction of sp³-hybridized carbons (Fsp3) is 0.900. The van der Waals surface area contributed by atoms with Crippen molar-refractivity contribution in [3.63, 3.8) is 0 Å². The maximum absolute atomic E-state index is 11.5. The van der Waals surface area contributed by atoms with Gasteiger partial charge in [0.1, 0.15) is 0 Å². The first kappa shape index (κ1) is 12.4. The number of aliphatic hydroxyl groups excluding tert-OH is 1. The lowest BCUT2D eigenvalue weighted by Gasteiger charge is -2.34. The Labute approximate surface area is 80.7 Å². The fourth-order valence-corrected chi connectivity index (χ4v) is 0.973. The number of amides is 1. The van der Waals surface area contributed by atoms with Gasteiger partial charge in [-0.1, -0.05) is 6.92 Å². The van der Waals surface area contributed by atoms with Crippen LogP contribution in [-0.4, -0.2) is 35.1 Å². The smallest absolute Gasteiger partial charge is 0.222 e. The first-order chi connectivity index (χ1) is 5.95. The lowest BCUT2D eigenvalue weighted by molar-refractivity contribution is -0.135. The summed E-state index contributed by atoms with van der Waals surface area (Å²) in [6.45, 7) is 6.25. The van der Waals surface area contributed by atoms with E-state index in [2.05, 4.69) is 6.92 Å². The third kappa shape index (κ3) is 3.77. The Balaban J connectivity index is 4.09. The maximum Gasteiger partial charge on any atom is 0.222 e. The highest BCUT2D eigenvalue weighted by atomic mass is 16.3. The summed E-state index contributed by atoms with van der Waals surface area (Å²) in [7, 11) is 1.82. The van der Waals surface area contributed by atoms with E-state index >= 15 is 0 Å². The predicted molar refractivity (Wildman–Crippen MR) is 53.5 cm³/mol. The summed E-state index contributed by atoms with van der Waals surface area (Å²) in [5, 5.41) is 8.59. The Morgan fingerprint density at radius 1 is 1.46 bits per heavy atom. The minimum absolute atomic E-state index is 0.0768. The van der Waals surface area contributed by atoms with E-state index in [0.29, 0.717) is 12.8 Å². The molecule has 0 aliphatic heterocycles. The molecule has 0 aliphatic rings. The van der Waals surface area contributed by atoms with Gasteiger partial charge < -0.3 is 10.0 Å². The highest BCUT2D eigenvalue weighted by Crippen LogP contribution is 2.17. The molecule has 78 valence electrons. The second kappa shape index (κ2) is 5.22. The molecule has 3 nitrogen and oxygen atoms in total. The van der Waals surface area contributed by atoms with E-state index in [4.69, 9.17) is 5.11 Å². The molecule has 0 saturated carbocycles. The van der Waals surface area contributed by atoms with Gasteiger partial charge in [0.05, 0.1) is 0 Å². The van der Waals surface area contributed by atoms with Gasteiger partial charge in [-0.05, 0) is 26.7 Å². The Bertz CT molecular complexity index is 166. The summed E-state index contributed by atoms with van der Waals surface area (Å²) in [4.78, 5) is 13.3. The molecule has 0 aliphatic carbocycles. The molecule has 0 aromatic rings. The number of hydrogen-bond acceptors (Lipinski definition) is 2. The second-order valence-corrected chi connectivity index (χ2v) is 3.95. The van der Waals surface area contributed by atoms with Crippen LogP contribution < -0.4 is 0 Å². The van der Waals surface area contributed by atoms with Crippen molar-refractivity contribution in [2.75, 3.05) is 13.7 Å². The van der Waals surface area contributed by atoms with Crippen molar-refractivity contribution >= 4 is 5.91 Å². The van der Waals surface area contributed by atoms with Crippen molar-refractivity contribution in [3.8, 4) is 0 Å². The SMILES string of the molecule is CCC(C)(C)N(C)C(=O)CCCO. The Hall–Kier alpha value is -0.570. The van der Waals surface area contributed by atoms with Crippen LogP contribution in [0.1, 0.15) is 40.0 Å². The van der Waals surface area contributed by atoms with Gasteiger partial charge in [0.25, 0.3) is 0 Å². The summed E-state index contributed by atoms with van der Waals surface area (Å²) in [6.07, 6.45) is 1.94. The Kier molecular flexibility index (Phi) is 4.99. The third-order valence-corrected chi connectivity index (χ3v) is 2.70. The average molecular weight is 187 g/mol. The summed E-state index contributed by atoms with van der Waals surface area (Å²) in [5.41, 5.74) is -0.0768. The maximum atomic E-state index is 11.5. The van der Waals surface area contributed by atoms with E-state index in [-0.39, 0.29) is 18.1 Å². The highest BCUT2D eigenvalue weighted by Gasteiger charge is 2.24. The summed E-state index contributed by atoms with van der Waals surface area (Å²) < 4.78 is 0. The van der Waals surface area contributed by atoms with E-state index in [1.807, 2.05) is 20.9 Å². The van der Waals surface area contributed by atoms with Crippen LogP contribution in [0.15, 0.2) is 0 Å². The molecule has 1 amide bonds. The van der Waals surface area contributed by atoms with Crippen LogP contribution in [0.5, 0.6) is 0 Å². The van der Waals surface area contributed by atoms with E-state index in [0.717, 1.165) is 6.42 Å². The van der Waals surface area contributed by atoms with Crippen LogP contribution in [0.3, 0.4) is 0 Å². The molecule has 0 aromatic carbocycles. The molecular formula is C10H21NO2. The molecular weight excluding hydrogens is 166 g/mol. The van der Waals surface area contributed by atoms with Crippen LogP contribution in [0.25, 0.3) is 0 Å². The fourth-order valence-electron chi connectivity index (χ4n) is 0.973. The minimum Gasteiger partial charge on any atom is -0.396 e. The summed E-state index contributed by atoms with van der Waals surface area (Å²) in [6, 6.07) is 0. The van der Waals surface area contributed by atoms with Crippen molar-refractivity contribution in [2.45, 2.75) is 45.6 Å². The average Bonchev–Trinajstić information content (AvgIpc) is 2.12. The molecule has 0 fully saturated rings. The van der Waals surface area contributed by atoms with E-state index in [9.17, 15) is 4.79 Å². The third-order valence-electron chi connectivity index (χ3n) is 2.70. The van der Waals surface area contributed by atoms with Crippen LogP contribution >= 0.6 is 0 Å². The molecule has 0 saturated heterocycles. The van der Waals surface area contributed by atoms with Gasteiger partial charge in [0.15, 0.2) is 0 Å². The number of carbonyl (C=O) groups excluding carboxylic acids is 1. The molecule has 0 heterocycles. The van der Waals surface area contributed by atoms with Gasteiger partial charge >= 0.3 is 0 Å². The van der Waals surface area contributed by atoms with Gasteiger partial charge in [0, 0.05) is 25.6 Å². The van der Waals surface area contributed by atoms with Crippen molar-refractivity contribution in [3.05, 3.63) is 0 Å². The molecule has 0 atom stereocenters. The lowest BCUT2D eigenvalue weighted by Crippen LogP contribution is -2.44. The number of nitrogens with zero attached hydrogens (tertiary/aromatic N) is 1. The van der Waals surface area contributed by atoms with Gasteiger partial charge in [-0.15, -0.1) is 0 Å². The highest BCUT2D eigenvalue weighted by molar-refractivity contribution is 5.76. The molecule has 0 aromatic heterocycles. The summed E-state index contributed by atoms with van der Waals surface area (Å²) >= 11 is 0. The van der Waals surface area contributed by atoms with E-state index < -0.39 is 0 Å². The lowest BCUT2D eigenvalue weighted by atomic mass is 9.99. The van der Waals surface area contributed by atoms with Gasteiger partial charge in [0.2, 0.25) is 5.91 Å². The molecule has 3 heteroatoms. The number of hydrogen-bond donors (Lipinski definition) is 1. The minimum atomic E-state index is -0.0768. The zero-order chi connectivity index (χ0) is 10.5. The van der Waals surface area contributed by atoms with Crippen LogP contribution in [0, 0.1) is 0 Å². The van der Waals surface area contributed by atoms with Crippen molar-refractivity contribution in [1.82, 2.24) is 4.90 Å². The predicted octanol–water partition coefficient (Wildman–Crippen LogP) is 1.41. The van der Waals surface area contributed by atoms with Crippen LogP contribution in [0.2, 0.25) is 0 Å². The molecule has 13 heavy (non-hydrogen) atoms. The van der Waals surface area contributed by atoms with Gasteiger partial charge in [-0.25, -0.2) is 0 Å². The molecule has 0 rings (SSSR count). The molecule has 0 bridgehead atoms. The van der Waals surface area contributed by atoms with E-state index in [1.54, 1.807) is 4.90 Å². The van der Waals surface area contributed by atoms with Crippen molar-refractivity contribution in [1.29, 1.82) is 0 Å². The van der Waals surface area contributed by atoms with E-state index in [1.165, 1.54) is 0 Å². The molecule has 0 spiro atoms. The second-order valence-electron chi connectivity index (χ2n) is 3.95. The monoisotopic (exact) mass is 187 g/mol. The normalized spacial score (nSPS) is 11.5. The molecule has 0 unspecified atom stereocenters. The van der Waals surface area contributed by atoms with Crippen LogP contribution in [0.4, 0.5) is 0 Å². The largest absolute Gasteiger partial charge is 0.396 e. The zero-order valence-corrected chi connectivity index (χ0v) is 9.13. The van der Waals surface area contributed by atoms with Crippen molar-refractivity contribution in [2.24, 2.45) is 0 Å².